The van der Waals surface area contributed by atoms with Gasteiger partial charge in [-0.25, -0.2) is 0 Å². The fraction of sp³-hybridized carbons (Fsp3) is 0.167. The number of amides is 1. The van der Waals surface area contributed by atoms with Gasteiger partial charge in [0.1, 0.15) is 5.91 Å². The van der Waals surface area contributed by atoms with Gasteiger partial charge >= 0.3 is 0 Å². The van der Waals surface area contributed by atoms with E-state index in [0.717, 1.165) is 0 Å². The predicted molar refractivity (Wildman–Crippen MR) is 29.7 cm³/mol. The third kappa shape index (κ3) is 1.73. The standard InChI is InChI=1S/C6H6NO.Y/c1-5-3-4-6(8)7(5)2;/h4H,1H2,2H3;/q-1;. The smallest absolute Gasteiger partial charge is 0.145 e. The predicted octanol–water partition coefficient (Wildman–Crippen LogP) is 0.329. The van der Waals surface area contributed by atoms with Crippen LogP contribution >= 0.6 is 0 Å². The molecule has 1 rings (SSSR count). The van der Waals surface area contributed by atoms with Gasteiger partial charge in [0.2, 0.25) is 0 Å². The Bertz CT molecular complexity index is 156. The van der Waals surface area contributed by atoms with E-state index in [1.165, 1.54) is 11.0 Å². The topological polar surface area (TPSA) is 20.3 Å². The Morgan fingerprint density at radius 1 is 1.78 bits per heavy atom. The van der Waals surface area contributed by atoms with Crippen molar-refractivity contribution in [1.29, 1.82) is 0 Å². The number of carbonyl (C=O) groups excluding carboxylic acids is 1. The minimum atomic E-state index is -0.0463. The largest absolute Gasteiger partial charge is 0.387 e. The first kappa shape index (κ1) is 9.05. The SMILES string of the molecule is C=C1[C-]=CC(=O)N1C.[Y]. The average molecular weight is 197 g/mol. The van der Waals surface area contributed by atoms with Crippen LogP contribution in [0.25, 0.3) is 0 Å². The molecular formula is C6H6NOY-. The Morgan fingerprint density at radius 2 is 2.33 bits per heavy atom. The van der Waals surface area contributed by atoms with E-state index in [2.05, 4.69) is 12.7 Å². The number of hydrogen-bond acceptors (Lipinski definition) is 1. The summed E-state index contributed by atoms with van der Waals surface area (Å²) in [5, 5.41) is 0. The number of likely N-dealkylation sites (N-methyl/N-ethyl adjacent to an activating group) is 1. The van der Waals surface area contributed by atoms with Crippen LogP contribution in [0.4, 0.5) is 0 Å². The molecule has 1 radical (unpaired) electrons. The third-order valence-electron chi connectivity index (χ3n) is 1.10. The van der Waals surface area contributed by atoms with E-state index in [-0.39, 0.29) is 38.6 Å². The second kappa shape index (κ2) is 3.28. The van der Waals surface area contributed by atoms with Crippen molar-refractivity contribution in [3.05, 3.63) is 24.4 Å². The fourth-order valence-corrected chi connectivity index (χ4v) is 0.472. The van der Waals surface area contributed by atoms with Crippen LogP contribution in [0, 0.1) is 6.08 Å². The molecule has 1 heterocycles. The Kier molecular flexibility index (Phi) is 3.30. The number of rotatable bonds is 0. The molecule has 0 atom stereocenters. The maximum absolute atomic E-state index is 10.5. The second-order valence-corrected chi connectivity index (χ2v) is 1.63. The van der Waals surface area contributed by atoms with Gasteiger partial charge in [-0.3, -0.25) is 0 Å². The van der Waals surface area contributed by atoms with E-state index in [1.54, 1.807) is 7.05 Å². The van der Waals surface area contributed by atoms with Crippen LogP contribution in [0.3, 0.4) is 0 Å². The van der Waals surface area contributed by atoms with Gasteiger partial charge in [0.05, 0.1) is 0 Å². The molecular weight excluding hydrogens is 191 g/mol. The summed E-state index contributed by atoms with van der Waals surface area (Å²) in [6.07, 6.45) is 4.05. The maximum Gasteiger partial charge on any atom is 0.145 e. The maximum atomic E-state index is 10.5. The molecule has 0 aromatic heterocycles. The molecule has 45 valence electrons. The van der Waals surface area contributed by atoms with E-state index >= 15 is 0 Å². The van der Waals surface area contributed by atoms with Gasteiger partial charge < -0.3 is 9.69 Å². The van der Waals surface area contributed by atoms with E-state index in [9.17, 15) is 4.79 Å². The molecule has 2 nitrogen and oxygen atoms in total. The molecule has 0 bridgehead atoms. The van der Waals surface area contributed by atoms with Gasteiger partial charge in [0.15, 0.2) is 0 Å². The van der Waals surface area contributed by atoms with Crippen molar-refractivity contribution in [2.24, 2.45) is 0 Å². The summed E-state index contributed by atoms with van der Waals surface area (Å²) in [5.41, 5.74) is 0.634. The quantitative estimate of drug-likeness (QED) is 0.512. The van der Waals surface area contributed by atoms with Gasteiger partial charge in [0, 0.05) is 32.7 Å². The molecule has 0 aromatic carbocycles. The van der Waals surface area contributed by atoms with Crippen molar-refractivity contribution in [2.45, 2.75) is 0 Å². The molecule has 0 unspecified atom stereocenters. The van der Waals surface area contributed by atoms with Crippen LogP contribution < -0.4 is 0 Å². The van der Waals surface area contributed by atoms with Crippen molar-refractivity contribution in [1.82, 2.24) is 4.90 Å². The first-order valence-corrected chi connectivity index (χ1v) is 2.28. The monoisotopic (exact) mass is 197 g/mol. The minimum Gasteiger partial charge on any atom is -0.387 e. The summed E-state index contributed by atoms with van der Waals surface area (Å²) in [6, 6.07) is 0. The van der Waals surface area contributed by atoms with Gasteiger partial charge in [-0.05, 0) is 7.05 Å². The molecule has 0 fully saturated rings. The zero-order valence-corrected chi connectivity index (χ0v) is 8.06. The molecule has 0 N–H and O–H groups in total. The van der Waals surface area contributed by atoms with Crippen molar-refractivity contribution >= 4 is 5.91 Å². The molecule has 0 saturated heterocycles. The number of hydrogen-bond donors (Lipinski definition) is 0. The van der Waals surface area contributed by atoms with Crippen molar-refractivity contribution in [3.8, 4) is 0 Å². The van der Waals surface area contributed by atoms with Crippen LogP contribution in [-0.4, -0.2) is 17.9 Å². The molecule has 1 aliphatic rings. The Labute approximate surface area is 79.5 Å². The summed E-state index contributed by atoms with van der Waals surface area (Å²) >= 11 is 0. The number of nitrogens with zero attached hydrogens (tertiary/aromatic N) is 1. The molecule has 9 heavy (non-hydrogen) atoms. The molecule has 0 saturated carbocycles. The summed E-state index contributed by atoms with van der Waals surface area (Å²) < 4.78 is 0. The molecule has 1 aliphatic heterocycles. The van der Waals surface area contributed by atoms with Crippen molar-refractivity contribution in [2.75, 3.05) is 7.05 Å². The zero-order chi connectivity index (χ0) is 6.15. The Balaban J connectivity index is 0.000000640. The Hall–Kier alpha value is 0.0539. The molecule has 0 aliphatic carbocycles. The van der Waals surface area contributed by atoms with Crippen LogP contribution in [0.1, 0.15) is 0 Å². The van der Waals surface area contributed by atoms with Gasteiger partial charge in [0.25, 0.3) is 0 Å². The van der Waals surface area contributed by atoms with Crippen LogP contribution in [0.2, 0.25) is 0 Å². The van der Waals surface area contributed by atoms with Gasteiger partial charge in [-0.15, -0.1) is 6.08 Å². The van der Waals surface area contributed by atoms with E-state index < -0.39 is 0 Å². The van der Waals surface area contributed by atoms with Crippen LogP contribution in [-0.2, 0) is 37.5 Å². The number of allylic oxidation sites excluding steroid dienone is 1. The summed E-state index contributed by atoms with van der Waals surface area (Å²) in [5.74, 6) is -0.0463. The van der Waals surface area contributed by atoms with Gasteiger partial charge in [-0.1, -0.05) is 5.70 Å². The molecule has 1 amide bonds. The first-order chi connectivity index (χ1) is 3.72. The van der Waals surface area contributed by atoms with Gasteiger partial charge in [-0.2, -0.15) is 12.7 Å². The zero-order valence-electron chi connectivity index (χ0n) is 5.22. The molecule has 0 aromatic rings. The summed E-state index contributed by atoms with van der Waals surface area (Å²) in [7, 11) is 1.67. The van der Waals surface area contributed by atoms with Crippen LogP contribution in [0.5, 0.6) is 0 Å². The summed E-state index contributed by atoms with van der Waals surface area (Å²) in [6.45, 7) is 3.55. The van der Waals surface area contributed by atoms with E-state index in [1.807, 2.05) is 0 Å². The molecule has 3 heteroatoms. The Morgan fingerprint density at radius 3 is 2.44 bits per heavy atom. The molecule has 0 spiro atoms. The van der Waals surface area contributed by atoms with Crippen molar-refractivity contribution in [3.63, 3.8) is 0 Å². The van der Waals surface area contributed by atoms with E-state index in [0.29, 0.717) is 5.70 Å². The fourth-order valence-electron chi connectivity index (χ4n) is 0.472. The van der Waals surface area contributed by atoms with E-state index in [4.69, 9.17) is 0 Å². The normalized spacial score (nSPS) is 16.3. The third-order valence-corrected chi connectivity index (χ3v) is 1.10. The average Bonchev–Trinajstić information content (AvgIpc) is 1.98. The minimum absolute atomic E-state index is 0. The summed E-state index contributed by atoms with van der Waals surface area (Å²) in [4.78, 5) is 12.0. The first-order valence-electron chi connectivity index (χ1n) is 2.28. The number of carbonyl (C=O) groups is 1. The van der Waals surface area contributed by atoms with Crippen LogP contribution in [0.15, 0.2) is 18.4 Å². The van der Waals surface area contributed by atoms with Crippen molar-refractivity contribution < 1.29 is 37.5 Å². The second-order valence-electron chi connectivity index (χ2n) is 1.63.